The lowest BCUT2D eigenvalue weighted by Gasteiger charge is -2.21. The first-order chi connectivity index (χ1) is 18.2. The van der Waals surface area contributed by atoms with Crippen LogP contribution in [0, 0.1) is 5.82 Å². The van der Waals surface area contributed by atoms with E-state index in [0.717, 1.165) is 36.2 Å². The molecule has 38 heavy (non-hydrogen) atoms. The highest BCUT2D eigenvalue weighted by molar-refractivity contribution is 5.87. The number of nitrogens with zero attached hydrogens (tertiary/aromatic N) is 7. The van der Waals surface area contributed by atoms with Gasteiger partial charge in [0.25, 0.3) is 0 Å². The molecule has 0 unspecified atom stereocenters. The third kappa shape index (κ3) is 7.10. The number of hydrogen-bond donors (Lipinski definition) is 1. The van der Waals surface area contributed by atoms with Gasteiger partial charge in [-0.1, -0.05) is 25.5 Å². The van der Waals surface area contributed by atoms with Gasteiger partial charge < -0.3 is 15.1 Å². The third-order valence-corrected chi connectivity index (χ3v) is 6.22. The zero-order valence-electron chi connectivity index (χ0n) is 23.1. The number of aliphatic imine (C=N–C) groups is 1. The fourth-order valence-corrected chi connectivity index (χ4v) is 4.30. The molecule has 0 spiro atoms. The Kier molecular flexibility index (Phi) is 9.84. The number of aryl methyl sites for hydroxylation is 1. The Labute approximate surface area is 223 Å². The number of benzene rings is 1. The van der Waals surface area contributed by atoms with E-state index >= 15 is 0 Å². The molecule has 2 aromatic heterocycles. The Morgan fingerprint density at radius 1 is 1.29 bits per heavy atom. The Bertz CT molecular complexity index is 1340. The number of hydrogen-bond acceptors (Lipinski definition) is 7. The maximum absolute atomic E-state index is 14.9. The number of rotatable bonds is 13. The first kappa shape index (κ1) is 28.6. The molecule has 0 aliphatic rings. The number of aromatic nitrogens is 4. The monoisotopic (exact) mass is 520 g/mol. The number of allylic oxidation sites excluding steroid dienone is 2. The van der Waals surface area contributed by atoms with Crippen LogP contribution >= 0.6 is 0 Å². The molecule has 0 fully saturated rings. The maximum atomic E-state index is 14.9. The predicted molar refractivity (Wildman–Crippen MR) is 152 cm³/mol. The average Bonchev–Trinajstić information content (AvgIpc) is 3.23. The van der Waals surface area contributed by atoms with Crippen molar-refractivity contribution >= 4 is 30.0 Å². The van der Waals surface area contributed by atoms with Gasteiger partial charge in [0.15, 0.2) is 5.82 Å². The van der Waals surface area contributed by atoms with Gasteiger partial charge in [0, 0.05) is 56.1 Å². The van der Waals surface area contributed by atoms with Crippen LogP contribution in [0.2, 0.25) is 0 Å². The van der Waals surface area contributed by atoms with Crippen LogP contribution in [-0.4, -0.2) is 75.9 Å². The van der Waals surface area contributed by atoms with Gasteiger partial charge in [0.05, 0.1) is 5.69 Å². The summed E-state index contributed by atoms with van der Waals surface area (Å²) < 4.78 is 16.7. The van der Waals surface area contributed by atoms with E-state index in [2.05, 4.69) is 50.8 Å². The molecule has 10 heteroatoms. The Morgan fingerprint density at radius 2 is 2.05 bits per heavy atom. The Balaban J connectivity index is 1.76. The molecular weight excluding hydrogens is 483 g/mol. The lowest BCUT2D eigenvalue weighted by Crippen LogP contribution is -2.33. The van der Waals surface area contributed by atoms with Gasteiger partial charge in [-0.05, 0) is 57.8 Å². The molecule has 3 rings (SSSR count). The smallest absolute Gasteiger partial charge is 0.228 e. The molecule has 1 aromatic carbocycles. The number of carbonyl (C=O) groups excluding carboxylic acids is 1. The molecule has 1 amide bonds. The maximum Gasteiger partial charge on any atom is 0.228 e. The van der Waals surface area contributed by atoms with Gasteiger partial charge in [-0.2, -0.15) is 5.10 Å². The van der Waals surface area contributed by atoms with Crippen molar-refractivity contribution in [1.82, 2.24) is 29.5 Å². The van der Waals surface area contributed by atoms with E-state index in [1.54, 1.807) is 21.8 Å². The van der Waals surface area contributed by atoms with E-state index in [4.69, 9.17) is 0 Å². The van der Waals surface area contributed by atoms with Crippen molar-refractivity contribution in [2.24, 2.45) is 12.0 Å². The van der Waals surface area contributed by atoms with Gasteiger partial charge in [-0.25, -0.2) is 19.4 Å². The van der Waals surface area contributed by atoms with Crippen molar-refractivity contribution in [2.75, 3.05) is 38.5 Å². The second kappa shape index (κ2) is 13.0. The quantitative estimate of drug-likeness (QED) is 0.201. The highest BCUT2D eigenvalue weighted by atomic mass is 19.1. The van der Waals surface area contributed by atoms with Crippen LogP contribution in [0.3, 0.4) is 0 Å². The molecule has 202 valence electrons. The second-order valence-corrected chi connectivity index (χ2v) is 9.60. The number of likely N-dealkylation sites (N-methyl/N-ethyl adjacent to an activating group) is 2. The van der Waals surface area contributed by atoms with Crippen LogP contribution < -0.4 is 5.32 Å². The number of amides is 1. The summed E-state index contributed by atoms with van der Waals surface area (Å²) in [6, 6.07) is 5.12. The van der Waals surface area contributed by atoms with Crippen molar-refractivity contribution < 1.29 is 9.18 Å². The summed E-state index contributed by atoms with van der Waals surface area (Å²) in [5.74, 6) is 0.611. The van der Waals surface area contributed by atoms with Crippen molar-refractivity contribution in [1.29, 1.82) is 0 Å². The summed E-state index contributed by atoms with van der Waals surface area (Å²) in [5, 5.41) is 8.22. The SMILES string of the molecule is C=N/C(=C\C=C(/C)CN(C)CCN(C=O)CC)Nc1nccc(-c2cc(F)c3nn(C)c(C(C)C)c3c2)n1. The van der Waals surface area contributed by atoms with E-state index in [1.807, 2.05) is 46.2 Å². The molecule has 3 aromatic rings. The van der Waals surface area contributed by atoms with Crippen LogP contribution in [0.5, 0.6) is 0 Å². The molecule has 0 aliphatic heterocycles. The average molecular weight is 521 g/mol. The van der Waals surface area contributed by atoms with Gasteiger partial charge in [0.2, 0.25) is 12.4 Å². The number of carbonyl (C=O) groups is 1. The molecule has 9 nitrogen and oxygen atoms in total. The zero-order chi connectivity index (χ0) is 27.8. The van der Waals surface area contributed by atoms with Crippen LogP contribution in [0.4, 0.5) is 10.3 Å². The van der Waals surface area contributed by atoms with Gasteiger partial charge in [-0.15, -0.1) is 0 Å². The normalized spacial score (nSPS) is 12.4. The molecule has 0 atom stereocenters. The first-order valence-electron chi connectivity index (χ1n) is 12.6. The first-order valence-corrected chi connectivity index (χ1v) is 12.6. The summed E-state index contributed by atoms with van der Waals surface area (Å²) in [6.07, 6.45) is 6.26. The van der Waals surface area contributed by atoms with E-state index in [-0.39, 0.29) is 11.7 Å². The standard InChI is InChI=1S/C28H37FN8O/c1-8-37(18-38)14-13-35(6)17-20(4)9-10-25(30-5)33-28-31-12-11-24(32-28)21-15-22-26(23(29)16-21)34-36(7)27(22)19(2)3/h9-12,15-16,18-19H,5,8,13-14,17H2,1-4,6-7H3,(H,31,32,33)/b20-9+,25-10+. The molecule has 2 heterocycles. The molecule has 0 bridgehead atoms. The predicted octanol–water partition coefficient (Wildman–Crippen LogP) is 4.60. The molecule has 0 saturated heterocycles. The summed E-state index contributed by atoms with van der Waals surface area (Å²) >= 11 is 0. The van der Waals surface area contributed by atoms with Gasteiger partial charge >= 0.3 is 0 Å². The van der Waals surface area contributed by atoms with E-state index < -0.39 is 0 Å². The highest BCUT2D eigenvalue weighted by Gasteiger charge is 2.17. The summed E-state index contributed by atoms with van der Waals surface area (Å²) in [7, 11) is 3.85. The lowest BCUT2D eigenvalue weighted by atomic mass is 10.0. The number of halogens is 1. The van der Waals surface area contributed by atoms with Crippen molar-refractivity contribution in [3.8, 4) is 11.3 Å². The number of nitrogens with one attached hydrogen (secondary N) is 1. The summed E-state index contributed by atoms with van der Waals surface area (Å²) in [5.41, 5.74) is 3.65. The van der Waals surface area contributed by atoms with Crippen LogP contribution in [-0.2, 0) is 11.8 Å². The van der Waals surface area contributed by atoms with Crippen LogP contribution in [0.15, 0.2) is 52.9 Å². The van der Waals surface area contributed by atoms with E-state index in [1.165, 1.54) is 6.07 Å². The summed E-state index contributed by atoms with van der Waals surface area (Å²) in [6.45, 7) is 14.6. The third-order valence-electron chi connectivity index (χ3n) is 6.22. The topological polar surface area (TPSA) is 91.5 Å². The lowest BCUT2D eigenvalue weighted by molar-refractivity contribution is -0.118. The Morgan fingerprint density at radius 3 is 2.71 bits per heavy atom. The summed E-state index contributed by atoms with van der Waals surface area (Å²) in [4.78, 5) is 27.8. The molecule has 0 aliphatic carbocycles. The van der Waals surface area contributed by atoms with Crippen molar-refractivity contribution in [2.45, 2.75) is 33.6 Å². The second-order valence-electron chi connectivity index (χ2n) is 9.60. The van der Waals surface area contributed by atoms with E-state index in [9.17, 15) is 9.18 Å². The molecule has 0 saturated carbocycles. The molecular formula is C28H37FN8O. The van der Waals surface area contributed by atoms with Gasteiger partial charge in [-0.3, -0.25) is 9.48 Å². The number of fused-ring (bicyclic) bond motifs is 1. The minimum Gasteiger partial charge on any atom is -0.344 e. The number of anilines is 1. The van der Waals surface area contributed by atoms with Gasteiger partial charge in [0.1, 0.15) is 11.3 Å². The van der Waals surface area contributed by atoms with Crippen molar-refractivity contribution in [3.05, 3.63) is 59.5 Å². The van der Waals surface area contributed by atoms with E-state index in [0.29, 0.717) is 41.6 Å². The fraction of sp³-hybridized carbons (Fsp3) is 0.393. The molecule has 1 N–H and O–H groups in total. The van der Waals surface area contributed by atoms with Crippen LogP contribution in [0.1, 0.15) is 39.3 Å². The Hall–Kier alpha value is -3.92. The molecule has 0 radical (unpaired) electrons. The minimum absolute atomic E-state index is 0.187. The fourth-order valence-electron chi connectivity index (χ4n) is 4.30. The van der Waals surface area contributed by atoms with Crippen LogP contribution in [0.25, 0.3) is 22.2 Å². The largest absolute Gasteiger partial charge is 0.344 e. The minimum atomic E-state index is -0.388. The highest BCUT2D eigenvalue weighted by Crippen LogP contribution is 2.31. The zero-order valence-corrected chi connectivity index (χ0v) is 23.1. The van der Waals surface area contributed by atoms with Crippen molar-refractivity contribution in [3.63, 3.8) is 0 Å².